The van der Waals surface area contributed by atoms with Crippen LogP contribution in [-0.2, 0) is 0 Å². The Morgan fingerprint density at radius 2 is 0.971 bits per heavy atom. The molecule has 0 unspecified atom stereocenters. The van der Waals surface area contributed by atoms with E-state index in [9.17, 15) is 0 Å². The number of nitrogens with zero attached hydrogens (tertiary/aromatic N) is 5. The fourth-order valence-electron chi connectivity index (χ4n) is 2.23. The highest BCUT2D eigenvalue weighted by atomic mass is 14.8. The molecule has 0 spiro atoms. The van der Waals surface area contributed by atoms with Crippen LogP contribution < -0.4 is 0 Å². The molecule has 0 aliphatic carbocycles. The summed E-state index contributed by atoms with van der Waals surface area (Å²) < 4.78 is 0. The van der Waals surface area contributed by atoms with Gasteiger partial charge in [0.1, 0.15) is 5.82 Å². The first kappa shape index (κ1) is 28.8. The fraction of sp³-hybridized carbons (Fsp3) is 0.167. The second-order valence-electron chi connectivity index (χ2n) is 7.48. The van der Waals surface area contributed by atoms with Crippen molar-refractivity contribution in [1.29, 1.82) is 0 Å². The predicted octanol–water partition coefficient (Wildman–Crippen LogP) is 6.95. The molecular formula is C30H35N5. The quantitative estimate of drug-likeness (QED) is 0.248. The van der Waals surface area contributed by atoms with Crippen molar-refractivity contribution in [2.45, 2.75) is 34.6 Å². The van der Waals surface area contributed by atoms with Crippen molar-refractivity contribution >= 4 is 0 Å². The molecule has 35 heavy (non-hydrogen) atoms. The highest BCUT2D eigenvalue weighted by molar-refractivity contribution is 5.11. The average Bonchev–Trinajstić information content (AvgIpc) is 2.88. The van der Waals surface area contributed by atoms with Gasteiger partial charge in [-0.3, -0.25) is 15.0 Å². The van der Waals surface area contributed by atoms with Crippen LogP contribution in [0.2, 0.25) is 0 Å². The SMILES string of the molecule is Cc1ccccc1.Cc1ccccn1.Cc1cccnc1.Cc1ccncc1.Cc1ncccn1. The maximum atomic E-state index is 3.98. The zero-order chi connectivity index (χ0) is 25.6. The largest absolute Gasteiger partial charge is 0.265 e. The van der Waals surface area contributed by atoms with Gasteiger partial charge >= 0.3 is 0 Å². The summed E-state index contributed by atoms with van der Waals surface area (Å²) in [5.74, 6) is 0.822. The highest BCUT2D eigenvalue weighted by Gasteiger charge is 1.76. The smallest absolute Gasteiger partial charge is 0.125 e. The number of hydrogen-bond acceptors (Lipinski definition) is 5. The summed E-state index contributed by atoms with van der Waals surface area (Å²) in [6.45, 7) is 9.98. The van der Waals surface area contributed by atoms with Crippen molar-refractivity contribution in [2.24, 2.45) is 0 Å². The maximum Gasteiger partial charge on any atom is 0.125 e. The van der Waals surface area contributed by atoms with Gasteiger partial charge in [0.15, 0.2) is 0 Å². The Morgan fingerprint density at radius 3 is 1.26 bits per heavy atom. The molecule has 0 amide bonds. The van der Waals surface area contributed by atoms with E-state index in [4.69, 9.17) is 0 Å². The van der Waals surface area contributed by atoms with Crippen molar-refractivity contribution in [1.82, 2.24) is 24.9 Å². The summed E-state index contributed by atoms with van der Waals surface area (Å²) in [7, 11) is 0. The van der Waals surface area contributed by atoms with Gasteiger partial charge in [-0.2, -0.15) is 0 Å². The van der Waals surface area contributed by atoms with E-state index in [1.807, 2.05) is 94.6 Å². The molecule has 0 atom stereocenters. The Labute approximate surface area is 210 Å². The number of rotatable bonds is 0. The Morgan fingerprint density at radius 1 is 0.400 bits per heavy atom. The van der Waals surface area contributed by atoms with Crippen LogP contribution >= 0.6 is 0 Å². The zero-order valence-corrected chi connectivity index (χ0v) is 21.3. The summed E-state index contributed by atoms with van der Waals surface area (Å²) >= 11 is 0. The van der Waals surface area contributed by atoms with Crippen molar-refractivity contribution in [3.8, 4) is 0 Å². The van der Waals surface area contributed by atoms with Crippen LogP contribution in [-0.4, -0.2) is 24.9 Å². The molecule has 1 aromatic carbocycles. The van der Waals surface area contributed by atoms with Crippen molar-refractivity contribution < 1.29 is 0 Å². The number of aryl methyl sites for hydroxylation is 5. The molecule has 4 heterocycles. The van der Waals surface area contributed by atoms with Gasteiger partial charge in [0.2, 0.25) is 0 Å². The van der Waals surface area contributed by atoms with Crippen LogP contribution in [0.15, 0.2) is 122 Å². The molecule has 180 valence electrons. The standard InChI is InChI=1S/C7H8.3C6H7N.C5H6N2/c1-7-5-3-2-4-6-7;1-6-2-4-7-5-3-6;1-6-3-2-4-7-5-6;1-6-4-2-3-5-7-6;1-5-6-3-2-4-7-5/h2-6H,1H3;3*2-5H,1H3;2-4H,1H3. The molecule has 0 radical (unpaired) electrons. The van der Waals surface area contributed by atoms with Gasteiger partial charge < -0.3 is 0 Å². The minimum absolute atomic E-state index is 0.822. The third kappa shape index (κ3) is 17.9. The minimum atomic E-state index is 0.822. The van der Waals surface area contributed by atoms with Crippen molar-refractivity contribution in [3.05, 3.63) is 150 Å². The Balaban J connectivity index is 0.000000219. The first-order valence-corrected chi connectivity index (χ1v) is 11.3. The zero-order valence-electron chi connectivity index (χ0n) is 21.3. The van der Waals surface area contributed by atoms with Gasteiger partial charge in [0.25, 0.3) is 0 Å². The number of aromatic nitrogens is 5. The molecule has 4 aromatic heterocycles. The summed E-state index contributed by atoms with van der Waals surface area (Å²) in [6.07, 6.45) is 12.4. The van der Waals surface area contributed by atoms with Crippen LogP contribution in [0.5, 0.6) is 0 Å². The van der Waals surface area contributed by atoms with Crippen LogP contribution in [0, 0.1) is 34.6 Å². The first-order valence-electron chi connectivity index (χ1n) is 11.3. The maximum absolute atomic E-state index is 3.98. The van der Waals surface area contributed by atoms with Crippen molar-refractivity contribution in [2.75, 3.05) is 0 Å². The van der Waals surface area contributed by atoms with Gasteiger partial charge in [-0.1, -0.05) is 48.0 Å². The summed E-state index contributed by atoms with van der Waals surface area (Å²) in [5.41, 5.74) is 4.86. The topological polar surface area (TPSA) is 64.5 Å². The van der Waals surface area contributed by atoms with E-state index in [2.05, 4.69) is 44.0 Å². The highest BCUT2D eigenvalue weighted by Crippen LogP contribution is 1.92. The van der Waals surface area contributed by atoms with Gasteiger partial charge in [-0.25, -0.2) is 9.97 Å². The number of hydrogen-bond donors (Lipinski definition) is 0. The van der Waals surface area contributed by atoms with E-state index in [0.717, 1.165) is 11.5 Å². The molecule has 0 saturated heterocycles. The second kappa shape index (κ2) is 19.2. The van der Waals surface area contributed by atoms with Gasteiger partial charge in [-0.15, -0.1) is 0 Å². The Kier molecular flexibility index (Phi) is 15.8. The van der Waals surface area contributed by atoms with E-state index in [-0.39, 0.29) is 0 Å². The van der Waals surface area contributed by atoms with Gasteiger partial charge in [0, 0.05) is 49.1 Å². The van der Waals surface area contributed by atoms with E-state index in [0.29, 0.717) is 0 Å². The fourth-order valence-corrected chi connectivity index (χ4v) is 2.23. The lowest BCUT2D eigenvalue weighted by Gasteiger charge is -1.82. The molecule has 0 aliphatic heterocycles. The van der Waals surface area contributed by atoms with Gasteiger partial charge in [-0.05, 0) is 82.1 Å². The molecule has 5 heteroatoms. The molecule has 0 bridgehead atoms. The third-order valence-electron chi connectivity index (χ3n) is 4.10. The van der Waals surface area contributed by atoms with Crippen LogP contribution in [0.25, 0.3) is 0 Å². The lowest BCUT2D eigenvalue weighted by Crippen LogP contribution is -1.80. The normalized spacial score (nSPS) is 8.71. The lowest BCUT2D eigenvalue weighted by atomic mass is 10.2. The lowest BCUT2D eigenvalue weighted by molar-refractivity contribution is 1.05. The molecule has 0 saturated carbocycles. The predicted molar refractivity (Wildman–Crippen MR) is 145 cm³/mol. The van der Waals surface area contributed by atoms with Crippen LogP contribution in [0.4, 0.5) is 0 Å². The Hall–Kier alpha value is -4.25. The number of benzene rings is 1. The summed E-state index contributed by atoms with van der Waals surface area (Å²) in [4.78, 5) is 19.4. The van der Waals surface area contributed by atoms with Gasteiger partial charge in [0.05, 0.1) is 0 Å². The van der Waals surface area contributed by atoms with Crippen LogP contribution in [0.3, 0.4) is 0 Å². The third-order valence-corrected chi connectivity index (χ3v) is 4.10. The monoisotopic (exact) mass is 465 g/mol. The number of pyridine rings is 3. The minimum Gasteiger partial charge on any atom is -0.265 e. The molecule has 0 fully saturated rings. The summed E-state index contributed by atoms with van der Waals surface area (Å²) in [6, 6.07) is 25.8. The second-order valence-corrected chi connectivity index (χ2v) is 7.48. The Bertz CT molecular complexity index is 888. The van der Waals surface area contributed by atoms with E-state index in [1.165, 1.54) is 16.7 Å². The van der Waals surface area contributed by atoms with E-state index < -0.39 is 0 Å². The average molecular weight is 466 g/mol. The molecule has 5 rings (SSSR count). The molecule has 0 aliphatic rings. The van der Waals surface area contributed by atoms with E-state index >= 15 is 0 Å². The first-order chi connectivity index (χ1) is 17.0. The molecular weight excluding hydrogens is 430 g/mol. The van der Waals surface area contributed by atoms with Crippen LogP contribution in [0.1, 0.15) is 28.2 Å². The molecule has 5 nitrogen and oxygen atoms in total. The van der Waals surface area contributed by atoms with Crippen molar-refractivity contribution in [3.63, 3.8) is 0 Å². The van der Waals surface area contributed by atoms with E-state index in [1.54, 1.807) is 43.2 Å². The molecule has 5 aromatic rings. The molecule has 0 N–H and O–H groups in total. The summed E-state index contributed by atoms with van der Waals surface area (Å²) in [5, 5.41) is 0.